The first-order valence-corrected chi connectivity index (χ1v) is 6.03. The molecule has 1 aromatic rings. The Bertz CT molecular complexity index is 524. The molecule has 1 rings (SSSR count). The van der Waals surface area contributed by atoms with Gasteiger partial charge in [-0.15, -0.1) is 0 Å². The van der Waals surface area contributed by atoms with Crippen LogP contribution in [-0.2, 0) is 9.84 Å². The zero-order valence-corrected chi connectivity index (χ0v) is 9.26. The van der Waals surface area contributed by atoms with Gasteiger partial charge in [-0.2, -0.15) is 0 Å². The highest BCUT2D eigenvalue weighted by Gasteiger charge is 2.19. The van der Waals surface area contributed by atoms with Crippen molar-refractivity contribution in [1.29, 1.82) is 0 Å². The molecular weight excluding hydrogens is 242 g/mol. The topological polar surface area (TPSA) is 97.5 Å². The molecule has 1 aromatic carbocycles. The summed E-state index contributed by atoms with van der Waals surface area (Å²) in [5.74, 6) is -1.32. The fourth-order valence-electron chi connectivity index (χ4n) is 1.08. The zero-order chi connectivity index (χ0) is 11.8. The number of anilines is 1. The third-order valence-corrected chi connectivity index (χ3v) is 3.09. The van der Waals surface area contributed by atoms with Gasteiger partial charge >= 0.3 is 5.97 Å². The number of benzene rings is 1. The standard InChI is InChI=1S/C8H8ClNO4S/c1-15(13,14)6-3-4(9)2-5(7(6)10)8(11)12/h2-3H,10H2,1H3,(H,11,12). The quantitative estimate of drug-likeness (QED) is 0.763. The molecule has 0 aliphatic carbocycles. The second-order valence-corrected chi connectivity index (χ2v) is 5.36. The Morgan fingerprint density at radius 3 is 2.40 bits per heavy atom. The van der Waals surface area contributed by atoms with E-state index in [1.165, 1.54) is 0 Å². The lowest BCUT2D eigenvalue weighted by molar-refractivity contribution is 0.0698. The van der Waals surface area contributed by atoms with Crippen LogP contribution in [0.5, 0.6) is 0 Å². The molecule has 0 amide bonds. The van der Waals surface area contributed by atoms with E-state index in [0.717, 1.165) is 18.4 Å². The Labute approximate surface area is 91.4 Å². The summed E-state index contributed by atoms with van der Waals surface area (Å²) in [6.07, 6.45) is 0.931. The molecular formula is C8H8ClNO4S. The summed E-state index contributed by atoms with van der Waals surface area (Å²) in [6.45, 7) is 0. The van der Waals surface area contributed by atoms with Crippen LogP contribution in [0.1, 0.15) is 10.4 Å². The van der Waals surface area contributed by atoms with Crippen molar-refractivity contribution < 1.29 is 18.3 Å². The average Bonchev–Trinajstić information content (AvgIpc) is 2.06. The number of rotatable bonds is 2. The van der Waals surface area contributed by atoms with Crippen LogP contribution in [0.3, 0.4) is 0 Å². The van der Waals surface area contributed by atoms with Gasteiger partial charge < -0.3 is 10.8 Å². The lowest BCUT2D eigenvalue weighted by atomic mass is 10.2. The number of aromatic carboxylic acids is 1. The highest BCUT2D eigenvalue weighted by Crippen LogP contribution is 2.27. The van der Waals surface area contributed by atoms with E-state index in [9.17, 15) is 13.2 Å². The first-order chi connectivity index (χ1) is 6.73. The van der Waals surface area contributed by atoms with Crippen molar-refractivity contribution in [2.24, 2.45) is 0 Å². The Kier molecular flexibility index (Phi) is 2.92. The molecule has 3 N–H and O–H groups in total. The molecule has 0 atom stereocenters. The van der Waals surface area contributed by atoms with Crippen LogP contribution in [0.15, 0.2) is 17.0 Å². The van der Waals surface area contributed by atoms with E-state index in [1.807, 2.05) is 0 Å². The minimum atomic E-state index is -3.58. The lowest BCUT2D eigenvalue weighted by Gasteiger charge is -2.07. The van der Waals surface area contributed by atoms with Gasteiger partial charge in [0.1, 0.15) is 0 Å². The SMILES string of the molecule is CS(=O)(=O)c1cc(Cl)cc(C(=O)O)c1N. The highest BCUT2D eigenvalue weighted by molar-refractivity contribution is 7.90. The van der Waals surface area contributed by atoms with Gasteiger partial charge in [0, 0.05) is 11.3 Å². The van der Waals surface area contributed by atoms with Crippen molar-refractivity contribution in [3.8, 4) is 0 Å². The second-order valence-electron chi connectivity index (χ2n) is 2.94. The number of hydrogen-bond acceptors (Lipinski definition) is 4. The normalized spacial score (nSPS) is 11.3. The van der Waals surface area contributed by atoms with Crippen LogP contribution in [0.4, 0.5) is 5.69 Å². The van der Waals surface area contributed by atoms with E-state index in [1.54, 1.807) is 0 Å². The molecule has 0 saturated carbocycles. The number of halogens is 1. The van der Waals surface area contributed by atoms with Crippen LogP contribution < -0.4 is 5.73 Å². The van der Waals surface area contributed by atoms with Crippen LogP contribution in [0.25, 0.3) is 0 Å². The van der Waals surface area contributed by atoms with Crippen LogP contribution in [0, 0.1) is 0 Å². The van der Waals surface area contributed by atoms with Crippen molar-refractivity contribution >= 4 is 33.1 Å². The monoisotopic (exact) mass is 249 g/mol. The Morgan fingerprint density at radius 2 is 2.00 bits per heavy atom. The fraction of sp³-hybridized carbons (Fsp3) is 0.125. The predicted octanol–water partition coefficient (Wildman–Crippen LogP) is 1.02. The molecule has 0 saturated heterocycles. The predicted molar refractivity (Wildman–Crippen MR) is 55.9 cm³/mol. The first-order valence-electron chi connectivity index (χ1n) is 3.76. The number of sulfone groups is 1. The van der Waals surface area contributed by atoms with Crippen molar-refractivity contribution in [3.63, 3.8) is 0 Å². The minimum absolute atomic E-state index is 0.0158. The van der Waals surface area contributed by atoms with Gasteiger partial charge in [-0.3, -0.25) is 0 Å². The zero-order valence-electron chi connectivity index (χ0n) is 7.69. The molecule has 0 spiro atoms. The van der Waals surface area contributed by atoms with Crippen LogP contribution in [-0.4, -0.2) is 25.7 Å². The van der Waals surface area contributed by atoms with Gasteiger partial charge in [0.2, 0.25) is 0 Å². The van der Waals surface area contributed by atoms with E-state index in [-0.39, 0.29) is 21.2 Å². The summed E-state index contributed by atoms with van der Waals surface area (Å²) in [6, 6.07) is 2.23. The third kappa shape index (κ3) is 2.40. The fourth-order valence-corrected chi connectivity index (χ4v) is 2.21. The summed E-state index contributed by atoms with van der Waals surface area (Å²) in [4.78, 5) is 10.4. The van der Waals surface area contributed by atoms with Gasteiger partial charge in [0.15, 0.2) is 9.84 Å². The number of nitrogens with two attached hydrogens (primary N) is 1. The minimum Gasteiger partial charge on any atom is -0.478 e. The third-order valence-electron chi connectivity index (χ3n) is 1.74. The molecule has 0 aliphatic heterocycles. The maximum atomic E-state index is 11.2. The van der Waals surface area contributed by atoms with E-state index in [4.69, 9.17) is 22.4 Å². The number of carboxylic acids is 1. The molecule has 0 heterocycles. The van der Waals surface area contributed by atoms with E-state index in [2.05, 4.69) is 0 Å². The summed E-state index contributed by atoms with van der Waals surface area (Å²) in [5.41, 5.74) is 4.81. The maximum Gasteiger partial charge on any atom is 0.337 e. The molecule has 0 aromatic heterocycles. The molecule has 15 heavy (non-hydrogen) atoms. The van der Waals surface area contributed by atoms with Crippen LogP contribution >= 0.6 is 11.6 Å². The van der Waals surface area contributed by atoms with Crippen molar-refractivity contribution in [3.05, 3.63) is 22.7 Å². The Morgan fingerprint density at radius 1 is 1.47 bits per heavy atom. The molecule has 0 aliphatic rings. The smallest absolute Gasteiger partial charge is 0.337 e. The van der Waals surface area contributed by atoms with Gasteiger partial charge in [0.25, 0.3) is 0 Å². The van der Waals surface area contributed by atoms with E-state index < -0.39 is 15.8 Å². The lowest BCUT2D eigenvalue weighted by Crippen LogP contribution is -2.09. The van der Waals surface area contributed by atoms with Crippen molar-refractivity contribution in [1.82, 2.24) is 0 Å². The molecule has 5 nitrogen and oxygen atoms in total. The summed E-state index contributed by atoms with van der Waals surface area (Å²) >= 11 is 5.59. The largest absolute Gasteiger partial charge is 0.478 e. The van der Waals surface area contributed by atoms with Gasteiger partial charge in [0.05, 0.1) is 16.1 Å². The van der Waals surface area contributed by atoms with Crippen LogP contribution in [0.2, 0.25) is 5.02 Å². The summed E-state index contributed by atoms with van der Waals surface area (Å²) < 4.78 is 22.5. The molecule has 0 fully saturated rings. The summed E-state index contributed by atoms with van der Waals surface area (Å²) in [5, 5.41) is 8.76. The van der Waals surface area contributed by atoms with Gasteiger partial charge in [-0.25, -0.2) is 13.2 Å². The molecule has 0 radical (unpaired) electrons. The molecule has 7 heteroatoms. The Balaban J connectivity index is 3.63. The second kappa shape index (κ2) is 3.71. The number of carboxylic acid groups (broad SMARTS) is 1. The van der Waals surface area contributed by atoms with E-state index in [0.29, 0.717) is 0 Å². The number of nitrogen functional groups attached to an aromatic ring is 1. The number of carbonyl (C=O) groups is 1. The summed E-state index contributed by atoms with van der Waals surface area (Å²) in [7, 11) is -3.58. The van der Waals surface area contributed by atoms with Crippen molar-refractivity contribution in [2.75, 3.05) is 12.0 Å². The average molecular weight is 250 g/mol. The first kappa shape index (κ1) is 11.8. The number of hydrogen-bond donors (Lipinski definition) is 2. The molecule has 0 unspecified atom stereocenters. The molecule has 82 valence electrons. The molecule has 0 bridgehead atoms. The van der Waals surface area contributed by atoms with Gasteiger partial charge in [-0.05, 0) is 12.1 Å². The van der Waals surface area contributed by atoms with E-state index >= 15 is 0 Å². The van der Waals surface area contributed by atoms with Gasteiger partial charge in [-0.1, -0.05) is 11.6 Å². The Hall–Kier alpha value is -1.27. The van der Waals surface area contributed by atoms with Crippen molar-refractivity contribution in [2.45, 2.75) is 4.90 Å². The maximum absolute atomic E-state index is 11.2. The highest BCUT2D eigenvalue weighted by atomic mass is 35.5.